The van der Waals surface area contributed by atoms with Crippen molar-refractivity contribution in [3.63, 3.8) is 0 Å². The lowest BCUT2D eigenvalue weighted by molar-refractivity contribution is -0.168. The fourth-order valence-corrected chi connectivity index (χ4v) is 6.64. The number of hydrogen-bond acceptors (Lipinski definition) is 4. The Morgan fingerprint density at radius 1 is 0.600 bits per heavy atom. The van der Waals surface area contributed by atoms with Gasteiger partial charge in [-0.3, -0.25) is 9.59 Å². The molecule has 4 aromatic rings. The molecule has 176 valence electrons. The molecular weight excluding hydrogens is 436 g/mol. The second-order valence-corrected chi connectivity index (χ2v) is 9.72. The van der Waals surface area contributed by atoms with Gasteiger partial charge < -0.3 is 9.47 Å². The first-order chi connectivity index (χ1) is 17.1. The van der Waals surface area contributed by atoms with Gasteiger partial charge >= 0.3 is 11.9 Å². The molecule has 0 radical (unpaired) electrons. The predicted molar refractivity (Wildman–Crippen MR) is 136 cm³/mol. The minimum Gasteiger partial charge on any atom is -0.469 e. The van der Waals surface area contributed by atoms with Crippen LogP contribution in [0.15, 0.2) is 72.8 Å². The van der Waals surface area contributed by atoms with Crippen molar-refractivity contribution in [1.29, 1.82) is 0 Å². The Morgan fingerprint density at radius 3 is 1.40 bits per heavy atom. The fourth-order valence-electron chi connectivity index (χ4n) is 6.64. The topological polar surface area (TPSA) is 52.6 Å². The molecule has 4 unspecified atom stereocenters. The Hall–Kier alpha value is -3.66. The molecule has 4 bridgehead atoms. The van der Waals surface area contributed by atoms with Crippen molar-refractivity contribution in [3.8, 4) is 0 Å². The summed E-state index contributed by atoms with van der Waals surface area (Å²) in [7, 11) is 2.80. The van der Waals surface area contributed by atoms with E-state index in [1.807, 2.05) is 0 Å². The molecule has 1 fully saturated rings. The zero-order valence-corrected chi connectivity index (χ0v) is 20.0. The maximum atomic E-state index is 13.1. The van der Waals surface area contributed by atoms with E-state index in [2.05, 4.69) is 72.8 Å². The average molecular weight is 465 g/mol. The normalized spacial score (nSPS) is 23.0. The third-order valence-corrected chi connectivity index (χ3v) is 8.20. The first kappa shape index (κ1) is 21.8. The number of methoxy groups -OCH3 is 2. The largest absolute Gasteiger partial charge is 0.469 e. The standard InChI is InChI=1S/C31H28O4/c1-34-30(32)28-26-24-16-14-18(20-10-3-5-12-22(20)24)8-7-9-19-15-17-25(23-13-6-4-11-21(19)23)27(26)29(28)31(33)35-2/h3-6,10-17,26-29H,7-9H2,1-2H3. The molecule has 0 aliphatic heterocycles. The van der Waals surface area contributed by atoms with E-state index in [0.29, 0.717) is 0 Å². The van der Waals surface area contributed by atoms with Crippen LogP contribution in [0.1, 0.15) is 40.5 Å². The number of carbonyl (C=O) groups is 2. The third kappa shape index (κ3) is 3.27. The molecule has 0 spiro atoms. The van der Waals surface area contributed by atoms with Crippen LogP contribution in [0, 0.1) is 11.8 Å². The highest BCUT2D eigenvalue weighted by Crippen LogP contribution is 2.60. The van der Waals surface area contributed by atoms with Crippen molar-refractivity contribution >= 4 is 33.5 Å². The molecule has 0 saturated heterocycles. The second-order valence-electron chi connectivity index (χ2n) is 9.72. The van der Waals surface area contributed by atoms with Crippen LogP contribution in [0.25, 0.3) is 21.5 Å². The number of benzene rings is 4. The molecule has 4 aromatic carbocycles. The lowest BCUT2D eigenvalue weighted by atomic mass is 9.51. The molecule has 35 heavy (non-hydrogen) atoms. The molecule has 1 saturated carbocycles. The highest BCUT2D eigenvalue weighted by molar-refractivity contribution is 5.95. The van der Waals surface area contributed by atoms with Gasteiger partial charge in [0.05, 0.1) is 26.1 Å². The monoisotopic (exact) mass is 464 g/mol. The van der Waals surface area contributed by atoms with Crippen LogP contribution in [0.3, 0.4) is 0 Å². The summed E-state index contributed by atoms with van der Waals surface area (Å²) in [5, 5.41) is 4.75. The van der Waals surface area contributed by atoms with Crippen LogP contribution < -0.4 is 0 Å². The van der Waals surface area contributed by atoms with Crippen LogP contribution in [-0.2, 0) is 31.9 Å². The summed E-state index contributed by atoms with van der Waals surface area (Å²) in [4.78, 5) is 26.3. The Balaban J connectivity index is 1.68. The summed E-state index contributed by atoms with van der Waals surface area (Å²) in [6.45, 7) is 0. The van der Waals surface area contributed by atoms with Crippen LogP contribution in [-0.4, -0.2) is 26.2 Å². The van der Waals surface area contributed by atoms with Gasteiger partial charge in [0.15, 0.2) is 0 Å². The Kier molecular flexibility index (Phi) is 5.32. The number of ether oxygens (including phenoxy) is 2. The number of esters is 2. The summed E-state index contributed by atoms with van der Waals surface area (Å²) >= 11 is 0. The first-order valence-corrected chi connectivity index (χ1v) is 12.3. The Labute approximate surface area is 204 Å². The lowest BCUT2D eigenvalue weighted by Crippen LogP contribution is -2.52. The molecule has 0 heterocycles. The SMILES string of the molecule is COC(=O)C1C(C(=O)OC)C2c3ccc(c4ccccc34)CCCc3ccc(c4ccccc34)C12. The molecule has 4 atom stereocenters. The van der Waals surface area contributed by atoms with Crippen LogP contribution in [0.2, 0.25) is 0 Å². The number of rotatable bonds is 2. The highest BCUT2D eigenvalue weighted by atomic mass is 16.5. The zero-order valence-electron chi connectivity index (χ0n) is 20.0. The van der Waals surface area contributed by atoms with Gasteiger partial charge in [-0.1, -0.05) is 72.8 Å². The zero-order chi connectivity index (χ0) is 24.1. The van der Waals surface area contributed by atoms with Gasteiger partial charge in [-0.05, 0) is 63.1 Å². The van der Waals surface area contributed by atoms with Crippen LogP contribution >= 0.6 is 0 Å². The van der Waals surface area contributed by atoms with E-state index in [1.165, 1.54) is 36.1 Å². The molecule has 4 heteroatoms. The summed E-state index contributed by atoms with van der Waals surface area (Å²) in [6, 6.07) is 25.7. The maximum absolute atomic E-state index is 13.1. The number of fused-ring (bicyclic) bond motifs is 15. The molecule has 6 rings (SSSR count). The van der Waals surface area contributed by atoms with E-state index in [1.54, 1.807) is 0 Å². The second kappa shape index (κ2) is 8.53. The highest BCUT2D eigenvalue weighted by Gasteiger charge is 2.60. The molecule has 0 amide bonds. The van der Waals surface area contributed by atoms with E-state index < -0.39 is 11.8 Å². The minimum absolute atomic E-state index is 0.194. The number of aryl methyl sites for hydroxylation is 2. The van der Waals surface area contributed by atoms with Gasteiger partial charge in [0.2, 0.25) is 0 Å². The summed E-state index contributed by atoms with van der Waals surface area (Å²) in [5.41, 5.74) is 4.83. The van der Waals surface area contributed by atoms with Crippen molar-refractivity contribution in [2.24, 2.45) is 11.8 Å². The lowest BCUT2D eigenvalue weighted by Gasteiger charge is -2.50. The third-order valence-electron chi connectivity index (χ3n) is 8.20. The number of carbonyl (C=O) groups excluding carboxylic acids is 2. The Bertz CT molecular complexity index is 1360. The molecule has 2 aliphatic carbocycles. The van der Waals surface area contributed by atoms with Gasteiger partial charge in [0, 0.05) is 11.8 Å². The fraction of sp³-hybridized carbons (Fsp3) is 0.290. The summed E-state index contributed by atoms with van der Waals surface area (Å²) in [5.74, 6) is -2.31. The van der Waals surface area contributed by atoms with Crippen molar-refractivity contribution in [1.82, 2.24) is 0 Å². The molecule has 2 aliphatic rings. The predicted octanol–water partition coefficient (Wildman–Crippen LogP) is 5.94. The van der Waals surface area contributed by atoms with E-state index in [0.717, 1.165) is 41.2 Å². The first-order valence-electron chi connectivity index (χ1n) is 12.3. The van der Waals surface area contributed by atoms with Crippen molar-refractivity contribution in [3.05, 3.63) is 95.1 Å². The molecular formula is C31H28O4. The van der Waals surface area contributed by atoms with E-state index in [-0.39, 0.29) is 23.8 Å². The summed E-state index contributed by atoms with van der Waals surface area (Å²) in [6.07, 6.45) is 3.02. The van der Waals surface area contributed by atoms with Crippen molar-refractivity contribution in [2.75, 3.05) is 14.2 Å². The van der Waals surface area contributed by atoms with Crippen molar-refractivity contribution in [2.45, 2.75) is 31.1 Å². The van der Waals surface area contributed by atoms with Gasteiger partial charge in [0.1, 0.15) is 0 Å². The van der Waals surface area contributed by atoms with Gasteiger partial charge in [-0.15, -0.1) is 0 Å². The summed E-state index contributed by atoms with van der Waals surface area (Å²) < 4.78 is 10.5. The van der Waals surface area contributed by atoms with E-state index >= 15 is 0 Å². The van der Waals surface area contributed by atoms with Crippen molar-refractivity contribution < 1.29 is 19.1 Å². The van der Waals surface area contributed by atoms with E-state index in [4.69, 9.17) is 9.47 Å². The average Bonchev–Trinajstić information content (AvgIpc) is 2.91. The number of hydrogen-bond donors (Lipinski definition) is 0. The van der Waals surface area contributed by atoms with Crippen LogP contribution in [0.4, 0.5) is 0 Å². The molecule has 0 aromatic heterocycles. The quantitative estimate of drug-likeness (QED) is 0.345. The van der Waals surface area contributed by atoms with E-state index in [9.17, 15) is 9.59 Å². The van der Waals surface area contributed by atoms with Gasteiger partial charge in [-0.2, -0.15) is 0 Å². The maximum Gasteiger partial charge on any atom is 0.310 e. The smallest absolute Gasteiger partial charge is 0.310 e. The molecule has 0 N–H and O–H groups in total. The van der Waals surface area contributed by atoms with Crippen LogP contribution in [0.5, 0.6) is 0 Å². The van der Waals surface area contributed by atoms with Gasteiger partial charge in [0.25, 0.3) is 0 Å². The molecule has 4 nitrogen and oxygen atoms in total. The van der Waals surface area contributed by atoms with Gasteiger partial charge in [-0.25, -0.2) is 0 Å². The Morgan fingerprint density at radius 2 is 1.00 bits per heavy atom. The minimum atomic E-state index is -0.602.